The number of para-hydroxylation sites is 1. The van der Waals surface area contributed by atoms with Crippen LogP contribution in [0.3, 0.4) is 0 Å². The summed E-state index contributed by atoms with van der Waals surface area (Å²) in [5.41, 5.74) is -3.96. The molecule has 1 N–H and O–H groups in total. The largest absolute Gasteiger partial charge is 0.456 e. The average Bonchev–Trinajstić information content (AvgIpc) is 3.31. The number of hydrogen-bond acceptors (Lipinski definition) is 6. The zero-order chi connectivity index (χ0) is 26.5. The van der Waals surface area contributed by atoms with E-state index in [2.05, 4.69) is 15.5 Å². The number of alkyl halides is 6. The molecule has 1 aliphatic rings. The fourth-order valence-electron chi connectivity index (χ4n) is 3.42. The number of halogens is 6. The molecule has 0 atom stereocenters. The van der Waals surface area contributed by atoms with Crippen LogP contribution in [-0.2, 0) is 23.7 Å². The van der Waals surface area contributed by atoms with Gasteiger partial charge in [0.05, 0.1) is 11.1 Å². The van der Waals surface area contributed by atoms with E-state index >= 15 is 0 Å². The molecule has 0 spiro atoms. The minimum Gasteiger partial charge on any atom is -0.456 e. The predicted octanol–water partition coefficient (Wildman–Crippen LogP) is 5.40. The summed E-state index contributed by atoms with van der Waals surface area (Å²) in [6.45, 7) is 2.56. The second kappa shape index (κ2) is 8.53. The molecule has 3 amide bonds. The molecule has 1 aromatic heterocycles. The molecule has 190 valence electrons. The van der Waals surface area contributed by atoms with Crippen molar-refractivity contribution >= 4 is 11.9 Å². The number of ether oxygens (including phenoxy) is 1. The van der Waals surface area contributed by atoms with Crippen LogP contribution in [0.1, 0.15) is 30.9 Å². The molecule has 2 heterocycles. The highest BCUT2D eigenvalue weighted by Crippen LogP contribution is 2.43. The Kier molecular flexibility index (Phi) is 5.93. The Morgan fingerprint density at radius 2 is 1.61 bits per heavy atom. The predicted molar refractivity (Wildman–Crippen MR) is 109 cm³/mol. The van der Waals surface area contributed by atoms with Gasteiger partial charge in [-0.2, -0.15) is 31.3 Å². The Bertz CT molecular complexity index is 1330. The van der Waals surface area contributed by atoms with Gasteiger partial charge in [-0.3, -0.25) is 9.69 Å². The van der Waals surface area contributed by atoms with E-state index in [0.717, 1.165) is 29.2 Å². The summed E-state index contributed by atoms with van der Waals surface area (Å²) in [6.07, 6.45) is -9.85. The molecule has 36 heavy (non-hydrogen) atoms. The van der Waals surface area contributed by atoms with Crippen molar-refractivity contribution in [1.82, 2.24) is 20.4 Å². The van der Waals surface area contributed by atoms with Crippen molar-refractivity contribution in [2.45, 2.75) is 38.3 Å². The van der Waals surface area contributed by atoms with Crippen molar-refractivity contribution in [2.75, 3.05) is 0 Å². The number of carbonyl (C=O) groups excluding carboxylic acids is 2. The standard InChI is InChI=1S/C22H16F6N4O4/c1-20(2)18(33)32(19(34)30-20)10-16-29-17(31-36-16)11-7-8-15(13(9-11)22(26,27)28)35-14-6-4-3-5-12(14)21(23,24)25/h3-9H,10H2,1-2H3,(H,30,34). The van der Waals surface area contributed by atoms with Gasteiger partial charge in [0.2, 0.25) is 11.7 Å². The number of carbonyl (C=O) groups is 2. The number of imide groups is 1. The topological polar surface area (TPSA) is 97.6 Å². The molecule has 2 aromatic carbocycles. The molecule has 0 aliphatic carbocycles. The summed E-state index contributed by atoms with van der Waals surface area (Å²) >= 11 is 0. The molecular weight excluding hydrogens is 498 g/mol. The summed E-state index contributed by atoms with van der Waals surface area (Å²) in [5.74, 6) is -2.76. The van der Waals surface area contributed by atoms with Gasteiger partial charge >= 0.3 is 18.4 Å². The van der Waals surface area contributed by atoms with Gasteiger partial charge in [-0.1, -0.05) is 17.3 Å². The van der Waals surface area contributed by atoms with E-state index in [1.807, 2.05) is 0 Å². The van der Waals surface area contributed by atoms with Crippen LogP contribution in [0.15, 0.2) is 47.0 Å². The maximum atomic E-state index is 13.8. The highest BCUT2D eigenvalue weighted by atomic mass is 19.4. The first-order valence-corrected chi connectivity index (χ1v) is 10.2. The first-order valence-electron chi connectivity index (χ1n) is 10.2. The molecule has 1 aliphatic heterocycles. The minimum absolute atomic E-state index is 0.189. The monoisotopic (exact) mass is 514 g/mol. The van der Waals surface area contributed by atoms with E-state index in [-0.39, 0.29) is 17.3 Å². The third-order valence-electron chi connectivity index (χ3n) is 5.16. The first-order chi connectivity index (χ1) is 16.7. The van der Waals surface area contributed by atoms with Gasteiger partial charge in [0.15, 0.2) is 0 Å². The van der Waals surface area contributed by atoms with Crippen molar-refractivity contribution in [3.05, 3.63) is 59.5 Å². The summed E-state index contributed by atoms with van der Waals surface area (Å²) in [4.78, 5) is 29.0. The van der Waals surface area contributed by atoms with Crippen LogP contribution in [0.25, 0.3) is 11.4 Å². The molecule has 8 nitrogen and oxygen atoms in total. The first kappa shape index (κ1) is 25.0. The molecule has 14 heteroatoms. The fourth-order valence-corrected chi connectivity index (χ4v) is 3.42. The molecule has 1 saturated heterocycles. The Balaban J connectivity index is 1.64. The van der Waals surface area contributed by atoms with Crippen LogP contribution < -0.4 is 10.1 Å². The van der Waals surface area contributed by atoms with Crippen LogP contribution in [0.4, 0.5) is 31.1 Å². The minimum atomic E-state index is -5.00. The van der Waals surface area contributed by atoms with Gasteiger partial charge in [-0.05, 0) is 44.2 Å². The second-order valence-electron chi connectivity index (χ2n) is 8.26. The summed E-state index contributed by atoms with van der Waals surface area (Å²) in [7, 11) is 0. The van der Waals surface area contributed by atoms with Crippen LogP contribution in [0.5, 0.6) is 11.5 Å². The van der Waals surface area contributed by atoms with E-state index in [1.165, 1.54) is 19.9 Å². The zero-order valence-corrected chi connectivity index (χ0v) is 18.5. The van der Waals surface area contributed by atoms with Gasteiger partial charge in [0.1, 0.15) is 23.6 Å². The van der Waals surface area contributed by atoms with Gasteiger partial charge in [-0.15, -0.1) is 0 Å². The third kappa shape index (κ3) is 4.83. The Morgan fingerprint density at radius 1 is 0.972 bits per heavy atom. The lowest BCUT2D eigenvalue weighted by molar-refractivity contribution is -0.139. The van der Waals surface area contributed by atoms with E-state index < -0.39 is 59.0 Å². The van der Waals surface area contributed by atoms with Crippen LogP contribution in [0.2, 0.25) is 0 Å². The Morgan fingerprint density at radius 3 is 2.22 bits per heavy atom. The Labute approximate surface area is 198 Å². The number of amides is 3. The van der Waals surface area contributed by atoms with Gasteiger partial charge in [0.25, 0.3) is 5.91 Å². The maximum Gasteiger partial charge on any atom is 0.420 e. The van der Waals surface area contributed by atoms with Crippen molar-refractivity contribution in [2.24, 2.45) is 0 Å². The molecule has 0 radical (unpaired) electrons. The lowest BCUT2D eigenvalue weighted by Gasteiger charge is -2.17. The van der Waals surface area contributed by atoms with Crippen LogP contribution in [-0.4, -0.2) is 32.5 Å². The van der Waals surface area contributed by atoms with Crippen molar-refractivity contribution in [3.63, 3.8) is 0 Å². The Hall–Kier alpha value is -4.10. The third-order valence-corrected chi connectivity index (χ3v) is 5.16. The lowest BCUT2D eigenvalue weighted by Crippen LogP contribution is -2.40. The van der Waals surface area contributed by atoms with Gasteiger partial charge in [0, 0.05) is 5.56 Å². The van der Waals surface area contributed by atoms with Crippen molar-refractivity contribution in [1.29, 1.82) is 0 Å². The SMILES string of the molecule is CC1(C)NC(=O)N(Cc2nc(-c3ccc(Oc4ccccc4C(F)(F)F)c(C(F)(F)F)c3)no2)C1=O. The highest BCUT2D eigenvalue weighted by molar-refractivity contribution is 6.06. The van der Waals surface area contributed by atoms with Gasteiger partial charge < -0.3 is 14.6 Å². The van der Waals surface area contributed by atoms with Crippen molar-refractivity contribution in [3.8, 4) is 22.9 Å². The number of aromatic nitrogens is 2. The lowest BCUT2D eigenvalue weighted by atomic mass is 10.1. The number of urea groups is 1. The van der Waals surface area contributed by atoms with Gasteiger partial charge in [-0.25, -0.2) is 4.79 Å². The van der Waals surface area contributed by atoms with Crippen LogP contribution >= 0.6 is 0 Å². The molecule has 0 unspecified atom stereocenters. The maximum absolute atomic E-state index is 13.8. The number of rotatable bonds is 5. The number of nitrogens with one attached hydrogen (secondary N) is 1. The average molecular weight is 514 g/mol. The molecular formula is C22H16F6N4O4. The summed E-state index contributed by atoms with van der Waals surface area (Å²) < 4.78 is 91.0. The normalized spacial score (nSPS) is 15.8. The quantitative estimate of drug-likeness (QED) is 0.362. The molecule has 3 aromatic rings. The fraction of sp³-hybridized carbons (Fsp3) is 0.273. The molecule has 0 bridgehead atoms. The molecule has 4 rings (SSSR count). The number of nitrogens with zero attached hydrogens (tertiary/aromatic N) is 3. The number of hydrogen-bond donors (Lipinski definition) is 1. The van der Waals surface area contributed by atoms with E-state index in [4.69, 9.17) is 9.26 Å². The van der Waals surface area contributed by atoms with E-state index in [1.54, 1.807) is 0 Å². The summed E-state index contributed by atoms with van der Waals surface area (Å²) in [5, 5.41) is 6.04. The molecule has 1 fully saturated rings. The van der Waals surface area contributed by atoms with Crippen molar-refractivity contribution < 1.29 is 45.2 Å². The smallest absolute Gasteiger partial charge is 0.420 e. The summed E-state index contributed by atoms with van der Waals surface area (Å²) in [6, 6.07) is 5.69. The second-order valence-corrected chi connectivity index (χ2v) is 8.26. The van der Waals surface area contributed by atoms with E-state index in [0.29, 0.717) is 12.1 Å². The van der Waals surface area contributed by atoms with Crippen LogP contribution in [0, 0.1) is 0 Å². The zero-order valence-electron chi connectivity index (χ0n) is 18.5. The highest BCUT2D eigenvalue weighted by Gasteiger charge is 2.45. The number of benzene rings is 2. The molecule has 0 saturated carbocycles. The van der Waals surface area contributed by atoms with E-state index in [9.17, 15) is 35.9 Å².